The number of carbonyl (C=O) groups is 1. The Balaban J connectivity index is 1.66. The molecule has 0 radical (unpaired) electrons. The molecular formula is C23H28N4O5S. The van der Waals surface area contributed by atoms with Crippen LogP contribution in [0.25, 0.3) is 10.9 Å². The number of hydroxylamine groups is 1. The van der Waals surface area contributed by atoms with Crippen molar-refractivity contribution in [1.82, 2.24) is 20.1 Å². The molecule has 1 atom stereocenters. The average molecular weight is 473 g/mol. The number of para-hydroxylation sites is 1. The lowest BCUT2D eigenvalue weighted by Crippen LogP contribution is -2.52. The SMILES string of the molecule is CCN(CC)[C@@H](CNS(=O)(=O)c1ccc(OCc2ccnc3ccccc23)cc1)C(=O)NO. The first kappa shape index (κ1) is 24.6. The number of hydrogen-bond acceptors (Lipinski definition) is 7. The van der Waals surface area contributed by atoms with Crippen molar-refractivity contribution in [3.05, 3.63) is 66.4 Å². The molecule has 33 heavy (non-hydrogen) atoms. The molecular weight excluding hydrogens is 444 g/mol. The molecule has 0 aliphatic rings. The van der Waals surface area contributed by atoms with Crippen molar-refractivity contribution in [2.75, 3.05) is 19.6 Å². The lowest BCUT2D eigenvalue weighted by molar-refractivity contribution is -0.134. The molecule has 1 amide bonds. The number of ether oxygens (including phenoxy) is 1. The highest BCUT2D eigenvalue weighted by atomic mass is 32.2. The van der Waals surface area contributed by atoms with Crippen molar-refractivity contribution in [3.63, 3.8) is 0 Å². The summed E-state index contributed by atoms with van der Waals surface area (Å²) in [7, 11) is -3.86. The lowest BCUT2D eigenvalue weighted by Gasteiger charge is -2.27. The van der Waals surface area contributed by atoms with Gasteiger partial charge in [-0.05, 0) is 49.5 Å². The molecule has 0 unspecified atom stereocenters. The van der Waals surface area contributed by atoms with Crippen LogP contribution in [0.3, 0.4) is 0 Å². The van der Waals surface area contributed by atoms with Crippen molar-refractivity contribution in [1.29, 1.82) is 0 Å². The van der Waals surface area contributed by atoms with Gasteiger partial charge in [-0.1, -0.05) is 32.0 Å². The van der Waals surface area contributed by atoms with Crippen LogP contribution in [0.4, 0.5) is 0 Å². The van der Waals surface area contributed by atoms with E-state index in [4.69, 9.17) is 9.94 Å². The molecule has 0 saturated heterocycles. The highest BCUT2D eigenvalue weighted by molar-refractivity contribution is 7.89. The van der Waals surface area contributed by atoms with Gasteiger partial charge in [0.25, 0.3) is 5.91 Å². The highest BCUT2D eigenvalue weighted by Crippen LogP contribution is 2.20. The molecule has 3 aromatic rings. The van der Waals surface area contributed by atoms with Gasteiger partial charge in [0.15, 0.2) is 0 Å². The minimum absolute atomic E-state index is 0.0481. The number of amides is 1. The Morgan fingerprint density at radius 1 is 1.09 bits per heavy atom. The minimum Gasteiger partial charge on any atom is -0.489 e. The monoisotopic (exact) mass is 472 g/mol. The van der Waals surface area contributed by atoms with Crippen LogP contribution in [0.1, 0.15) is 19.4 Å². The molecule has 0 bridgehead atoms. The van der Waals surface area contributed by atoms with Gasteiger partial charge in [-0.15, -0.1) is 0 Å². The molecule has 1 heterocycles. The summed E-state index contributed by atoms with van der Waals surface area (Å²) in [5.41, 5.74) is 3.45. The Morgan fingerprint density at radius 2 is 1.79 bits per heavy atom. The Morgan fingerprint density at radius 3 is 2.45 bits per heavy atom. The minimum atomic E-state index is -3.86. The van der Waals surface area contributed by atoms with Gasteiger partial charge in [0, 0.05) is 23.7 Å². The zero-order valence-corrected chi connectivity index (χ0v) is 19.4. The van der Waals surface area contributed by atoms with Crippen LogP contribution in [0.2, 0.25) is 0 Å². The fourth-order valence-electron chi connectivity index (χ4n) is 3.56. The summed E-state index contributed by atoms with van der Waals surface area (Å²) in [5.74, 6) is -0.149. The van der Waals surface area contributed by atoms with Crippen molar-refractivity contribution in [2.45, 2.75) is 31.4 Å². The summed E-state index contributed by atoms with van der Waals surface area (Å²) in [6.07, 6.45) is 1.73. The number of aromatic nitrogens is 1. The Bertz CT molecular complexity index is 1180. The highest BCUT2D eigenvalue weighted by Gasteiger charge is 2.26. The first-order valence-corrected chi connectivity index (χ1v) is 12.1. The Labute approximate surface area is 193 Å². The number of likely N-dealkylation sites (N-methyl/N-ethyl adjacent to an activating group) is 1. The third kappa shape index (κ3) is 6.05. The zero-order chi connectivity index (χ0) is 23.8. The van der Waals surface area contributed by atoms with Crippen LogP contribution < -0.4 is 14.9 Å². The maximum Gasteiger partial charge on any atom is 0.262 e. The number of carbonyl (C=O) groups excluding carboxylic acids is 1. The van der Waals surface area contributed by atoms with Crippen molar-refractivity contribution < 1.29 is 23.2 Å². The average Bonchev–Trinajstić information content (AvgIpc) is 2.85. The number of hydrogen-bond donors (Lipinski definition) is 3. The van der Waals surface area contributed by atoms with E-state index in [2.05, 4.69) is 9.71 Å². The Hall–Kier alpha value is -3.05. The van der Waals surface area contributed by atoms with Gasteiger partial charge in [0.1, 0.15) is 18.4 Å². The number of nitrogens with zero attached hydrogens (tertiary/aromatic N) is 2. The van der Waals surface area contributed by atoms with Gasteiger partial charge in [0.05, 0.1) is 10.4 Å². The molecule has 0 fully saturated rings. The predicted octanol–water partition coefficient (Wildman–Crippen LogP) is 2.31. The molecule has 0 aliphatic carbocycles. The van der Waals surface area contributed by atoms with Crippen LogP contribution >= 0.6 is 0 Å². The summed E-state index contributed by atoms with van der Waals surface area (Å²) in [6.45, 7) is 4.88. The standard InChI is InChI=1S/C23H28N4O5S/c1-3-27(4-2)22(23(28)26-29)15-25-33(30,31)19-11-9-18(10-12-19)32-16-17-13-14-24-21-8-6-5-7-20(17)21/h5-14,22,25,29H,3-4,15-16H2,1-2H3,(H,26,28)/t22-/m0/s1. The molecule has 9 nitrogen and oxygen atoms in total. The number of sulfonamides is 1. The predicted molar refractivity (Wildman–Crippen MR) is 124 cm³/mol. The van der Waals surface area contributed by atoms with E-state index in [-0.39, 0.29) is 11.4 Å². The van der Waals surface area contributed by atoms with E-state index < -0.39 is 22.0 Å². The summed E-state index contributed by atoms with van der Waals surface area (Å²) >= 11 is 0. The van der Waals surface area contributed by atoms with E-state index in [0.29, 0.717) is 25.4 Å². The van der Waals surface area contributed by atoms with Gasteiger partial charge in [0.2, 0.25) is 10.0 Å². The van der Waals surface area contributed by atoms with E-state index in [0.717, 1.165) is 16.5 Å². The van der Waals surface area contributed by atoms with Gasteiger partial charge < -0.3 is 4.74 Å². The van der Waals surface area contributed by atoms with E-state index in [1.807, 2.05) is 44.2 Å². The van der Waals surface area contributed by atoms with Gasteiger partial charge in [-0.3, -0.25) is 19.9 Å². The van der Waals surface area contributed by atoms with Gasteiger partial charge in [-0.25, -0.2) is 18.6 Å². The first-order chi connectivity index (χ1) is 15.9. The largest absolute Gasteiger partial charge is 0.489 e. The lowest BCUT2D eigenvalue weighted by atomic mass is 10.1. The molecule has 0 spiro atoms. The van der Waals surface area contributed by atoms with Crippen LogP contribution in [-0.2, 0) is 21.4 Å². The van der Waals surface area contributed by atoms with E-state index in [9.17, 15) is 13.2 Å². The van der Waals surface area contributed by atoms with Crippen LogP contribution in [-0.4, -0.2) is 55.1 Å². The molecule has 0 saturated carbocycles. The van der Waals surface area contributed by atoms with E-state index in [1.165, 1.54) is 12.1 Å². The molecule has 10 heteroatoms. The zero-order valence-electron chi connectivity index (χ0n) is 18.6. The third-order valence-electron chi connectivity index (χ3n) is 5.40. The Kier molecular flexibility index (Phi) is 8.34. The van der Waals surface area contributed by atoms with E-state index in [1.54, 1.807) is 28.7 Å². The van der Waals surface area contributed by atoms with Crippen LogP contribution in [0.5, 0.6) is 5.75 Å². The first-order valence-electron chi connectivity index (χ1n) is 10.6. The van der Waals surface area contributed by atoms with Crippen molar-refractivity contribution >= 4 is 26.8 Å². The molecule has 3 rings (SSSR count). The smallest absolute Gasteiger partial charge is 0.262 e. The fraction of sp³-hybridized carbons (Fsp3) is 0.304. The molecule has 1 aromatic heterocycles. The summed E-state index contributed by atoms with van der Waals surface area (Å²) in [6, 6.07) is 14.9. The summed E-state index contributed by atoms with van der Waals surface area (Å²) in [4.78, 5) is 18.1. The second-order valence-corrected chi connectivity index (χ2v) is 9.08. The van der Waals surface area contributed by atoms with Crippen molar-refractivity contribution in [3.8, 4) is 5.75 Å². The number of fused-ring (bicyclic) bond motifs is 1. The molecule has 176 valence electrons. The molecule has 0 aliphatic heterocycles. The number of rotatable bonds is 11. The number of pyridine rings is 1. The second kappa shape index (κ2) is 11.2. The number of nitrogens with one attached hydrogen (secondary N) is 2. The summed E-state index contributed by atoms with van der Waals surface area (Å²) in [5, 5.41) is 9.99. The third-order valence-corrected chi connectivity index (χ3v) is 6.84. The normalized spacial score (nSPS) is 12.6. The molecule has 3 N–H and O–H groups in total. The quantitative estimate of drug-likeness (QED) is 0.289. The van der Waals surface area contributed by atoms with Crippen LogP contribution in [0, 0.1) is 0 Å². The van der Waals surface area contributed by atoms with Gasteiger partial charge >= 0.3 is 0 Å². The van der Waals surface area contributed by atoms with Crippen molar-refractivity contribution in [2.24, 2.45) is 0 Å². The summed E-state index contributed by atoms with van der Waals surface area (Å²) < 4.78 is 33.7. The maximum atomic E-state index is 12.7. The molecule has 2 aromatic carbocycles. The number of benzene rings is 2. The maximum absolute atomic E-state index is 12.7. The van der Waals surface area contributed by atoms with Crippen LogP contribution in [0.15, 0.2) is 65.7 Å². The van der Waals surface area contributed by atoms with E-state index >= 15 is 0 Å². The second-order valence-electron chi connectivity index (χ2n) is 7.31. The van der Waals surface area contributed by atoms with Gasteiger partial charge in [-0.2, -0.15) is 0 Å². The fourth-order valence-corrected chi connectivity index (χ4v) is 4.59. The topological polar surface area (TPSA) is 121 Å².